The van der Waals surface area contributed by atoms with E-state index in [2.05, 4.69) is 0 Å². The number of carbonyl (C=O) groups excluding carboxylic acids is 2. The maximum atomic E-state index is 11.9. The van der Waals surface area contributed by atoms with E-state index in [1.165, 1.54) is 18.7 Å². The van der Waals surface area contributed by atoms with E-state index in [0.717, 1.165) is 5.69 Å². The molecule has 1 heterocycles. The van der Waals surface area contributed by atoms with Gasteiger partial charge in [-0.1, -0.05) is 35.0 Å². The molecule has 0 spiro atoms. The molecule has 1 fully saturated rings. The molecule has 0 radical (unpaired) electrons. The Hall–Kier alpha value is -0.710. The average molecular weight is 304 g/mol. The standard InChI is InChI=1S/C12H11Cl2NO2S/c1-7(16)18-9-5-12(17)15(6-9)8-2-3-10(13)11(14)4-8/h2-4,9H,5-6H2,1H3. The molecule has 0 bridgehead atoms. The van der Waals surface area contributed by atoms with Crippen molar-refractivity contribution < 1.29 is 9.59 Å². The lowest BCUT2D eigenvalue weighted by atomic mass is 10.3. The van der Waals surface area contributed by atoms with Crippen LogP contribution in [0.15, 0.2) is 18.2 Å². The summed E-state index contributed by atoms with van der Waals surface area (Å²) in [6.45, 7) is 2.04. The number of hydrogen-bond acceptors (Lipinski definition) is 3. The van der Waals surface area contributed by atoms with Gasteiger partial charge >= 0.3 is 0 Å². The summed E-state index contributed by atoms with van der Waals surface area (Å²) in [6, 6.07) is 5.09. The van der Waals surface area contributed by atoms with Gasteiger partial charge in [-0.05, 0) is 18.2 Å². The molecule has 96 valence electrons. The number of carbonyl (C=O) groups is 2. The number of benzene rings is 1. The first-order valence-corrected chi connectivity index (χ1v) is 7.03. The molecule has 1 aromatic rings. The van der Waals surface area contributed by atoms with Crippen molar-refractivity contribution in [2.24, 2.45) is 0 Å². The molecule has 6 heteroatoms. The number of hydrogen-bond donors (Lipinski definition) is 0. The second-order valence-corrected chi connectivity index (χ2v) is 6.33. The van der Waals surface area contributed by atoms with Gasteiger partial charge in [-0.2, -0.15) is 0 Å². The smallest absolute Gasteiger partial charge is 0.228 e. The maximum absolute atomic E-state index is 11.9. The van der Waals surface area contributed by atoms with E-state index in [4.69, 9.17) is 23.2 Å². The molecule has 1 amide bonds. The van der Waals surface area contributed by atoms with Gasteiger partial charge in [0.25, 0.3) is 0 Å². The van der Waals surface area contributed by atoms with Crippen molar-refractivity contribution in [2.75, 3.05) is 11.4 Å². The summed E-state index contributed by atoms with van der Waals surface area (Å²) >= 11 is 13.0. The van der Waals surface area contributed by atoms with Gasteiger partial charge in [0.05, 0.1) is 10.0 Å². The van der Waals surface area contributed by atoms with E-state index in [0.29, 0.717) is 23.0 Å². The molecule has 1 aliphatic heterocycles. The summed E-state index contributed by atoms with van der Waals surface area (Å²) < 4.78 is 0. The van der Waals surface area contributed by atoms with E-state index < -0.39 is 0 Å². The van der Waals surface area contributed by atoms with Crippen LogP contribution in [0.5, 0.6) is 0 Å². The lowest BCUT2D eigenvalue weighted by Gasteiger charge is -2.16. The van der Waals surface area contributed by atoms with Crippen LogP contribution in [0, 0.1) is 0 Å². The van der Waals surface area contributed by atoms with E-state index in [1.807, 2.05) is 0 Å². The Kier molecular flexibility index (Phi) is 4.20. The first-order chi connectivity index (χ1) is 8.47. The summed E-state index contributed by atoms with van der Waals surface area (Å²) in [7, 11) is 0. The van der Waals surface area contributed by atoms with Crippen LogP contribution in [0.1, 0.15) is 13.3 Å². The SMILES string of the molecule is CC(=O)SC1CC(=O)N(c2ccc(Cl)c(Cl)c2)C1. The van der Waals surface area contributed by atoms with Crippen molar-refractivity contribution >= 4 is 51.7 Å². The zero-order chi connectivity index (χ0) is 13.3. The number of nitrogens with zero attached hydrogens (tertiary/aromatic N) is 1. The zero-order valence-electron chi connectivity index (χ0n) is 9.65. The minimum atomic E-state index is 0.00661. The number of rotatable bonds is 2. The highest BCUT2D eigenvalue weighted by Crippen LogP contribution is 2.32. The van der Waals surface area contributed by atoms with E-state index in [-0.39, 0.29) is 16.3 Å². The van der Waals surface area contributed by atoms with Gasteiger partial charge in [0.2, 0.25) is 5.91 Å². The van der Waals surface area contributed by atoms with Crippen molar-refractivity contribution in [1.82, 2.24) is 0 Å². The van der Waals surface area contributed by atoms with Crippen molar-refractivity contribution in [3.63, 3.8) is 0 Å². The van der Waals surface area contributed by atoms with Crippen molar-refractivity contribution in [3.05, 3.63) is 28.2 Å². The van der Waals surface area contributed by atoms with Gasteiger partial charge in [0.15, 0.2) is 5.12 Å². The maximum Gasteiger partial charge on any atom is 0.228 e. The molecule has 1 saturated heterocycles. The fraction of sp³-hybridized carbons (Fsp3) is 0.333. The highest BCUT2D eigenvalue weighted by Gasteiger charge is 2.32. The second-order valence-electron chi connectivity index (χ2n) is 4.04. The van der Waals surface area contributed by atoms with Crippen LogP contribution in [0.3, 0.4) is 0 Å². The molecular formula is C12H11Cl2NO2S. The summed E-state index contributed by atoms with van der Waals surface area (Å²) in [4.78, 5) is 24.6. The summed E-state index contributed by atoms with van der Waals surface area (Å²) in [5.41, 5.74) is 0.723. The van der Waals surface area contributed by atoms with Gasteiger partial charge in [-0.15, -0.1) is 0 Å². The Morgan fingerprint density at radius 3 is 2.72 bits per heavy atom. The fourth-order valence-corrected chi connectivity index (χ4v) is 3.10. The monoisotopic (exact) mass is 303 g/mol. The van der Waals surface area contributed by atoms with E-state index in [9.17, 15) is 9.59 Å². The van der Waals surface area contributed by atoms with Crippen molar-refractivity contribution in [2.45, 2.75) is 18.6 Å². The lowest BCUT2D eigenvalue weighted by molar-refractivity contribution is -0.117. The molecular weight excluding hydrogens is 293 g/mol. The molecule has 0 saturated carbocycles. The number of halogens is 2. The fourth-order valence-electron chi connectivity index (χ4n) is 1.89. The number of thioether (sulfide) groups is 1. The first-order valence-electron chi connectivity index (χ1n) is 5.40. The molecule has 18 heavy (non-hydrogen) atoms. The molecule has 1 atom stereocenters. The summed E-state index contributed by atoms with van der Waals surface area (Å²) in [5.74, 6) is 0.00661. The first kappa shape index (κ1) is 13.7. The van der Waals surface area contributed by atoms with Gasteiger partial charge < -0.3 is 4.90 Å². The topological polar surface area (TPSA) is 37.4 Å². The quantitative estimate of drug-likeness (QED) is 0.840. The van der Waals surface area contributed by atoms with Crippen molar-refractivity contribution in [3.8, 4) is 0 Å². The Morgan fingerprint density at radius 1 is 1.39 bits per heavy atom. The normalized spacial score (nSPS) is 19.4. The van der Waals surface area contributed by atoms with Crippen LogP contribution >= 0.6 is 35.0 Å². The lowest BCUT2D eigenvalue weighted by Crippen LogP contribution is -2.24. The molecule has 3 nitrogen and oxygen atoms in total. The number of amides is 1. The highest BCUT2D eigenvalue weighted by molar-refractivity contribution is 8.14. The van der Waals surface area contributed by atoms with Crippen LogP contribution < -0.4 is 4.90 Å². The van der Waals surface area contributed by atoms with Crippen LogP contribution in [-0.4, -0.2) is 22.8 Å². The Morgan fingerprint density at radius 2 is 2.11 bits per heavy atom. The molecule has 1 aromatic carbocycles. The molecule has 1 aliphatic rings. The summed E-state index contributed by atoms with van der Waals surface area (Å²) in [5, 5.41) is 0.930. The van der Waals surface area contributed by atoms with E-state index >= 15 is 0 Å². The van der Waals surface area contributed by atoms with Crippen LogP contribution in [-0.2, 0) is 9.59 Å². The van der Waals surface area contributed by atoms with Crippen molar-refractivity contribution in [1.29, 1.82) is 0 Å². The average Bonchev–Trinajstić information content (AvgIpc) is 2.62. The van der Waals surface area contributed by atoms with Gasteiger partial charge in [0, 0.05) is 30.8 Å². The zero-order valence-corrected chi connectivity index (χ0v) is 12.0. The third kappa shape index (κ3) is 2.99. The highest BCUT2D eigenvalue weighted by atomic mass is 35.5. The minimum absolute atomic E-state index is 0.00661. The third-order valence-electron chi connectivity index (χ3n) is 2.64. The van der Waals surface area contributed by atoms with Gasteiger partial charge in [0.1, 0.15) is 0 Å². The van der Waals surface area contributed by atoms with Crippen LogP contribution in [0.25, 0.3) is 0 Å². The minimum Gasteiger partial charge on any atom is -0.311 e. The Balaban J connectivity index is 2.16. The van der Waals surface area contributed by atoms with Crippen LogP contribution in [0.4, 0.5) is 5.69 Å². The molecule has 2 rings (SSSR count). The Labute approximate surface area is 119 Å². The largest absolute Gasteiger partial charge is 0.311 e. The molecule has 0 aromatic heterocycles. The molecule has 0 N–H and O–H groups in total. The van der Waals surface area contributed by atoms with Gasteiger partial charge in [-0.3, -0.25) is 9.59 Å². The predicted octanol–water partition coefficient (Wildman–Crippen LogP) is 3.38. The van der Waals surface area contributed by atoms with Gasteiger partial charge in [-0.25, -0.2) is 0 Å². The predicted molar refractivity (Wildman–Crippen MR) is 75.5 cm³/mol. The second kappa shape index (κ2) is 5.51. The molecule has 1 unspecified atom stereocenters. The molecule has 0 aliphatic carbocycles. The third-order valence-corrected chi connectivity index (χ3v) is 4.36. The Bertz CT molecular complexity index is 507. The van der Waals surface area contributed by atoms with Crippen LogP contribution in [0.2, 0.25) is 10.0 Å². The number of anilines is 1. The van der Waals surface area contributed by atoms with E-state index in [1.54, 1.807) is 23.1 Å². The summed E-state index contributed by atoms with van der Waals surface area (Å²) in [6.07, 6.45) is 0.379.